The van der Waals surface area contributed by atoms with Crippen molar-refractivity contribution in [1.29, 1.82) is 0 Å². The van der Waals surface area contributed by atoms with Crippen molar-refractivity contribution in [2.45, 2.75) is 18.4 Å². The second-order valence-electron chi connectivity index (χ2n) is 5.49. The molecule has 24 heavy (non-hydrogen) atoms. The van der Waals surface area contributed by atoms with Gasteiger partial charge in [0.15, 0.2) is 0 Å². The van der Waals surface area contributed by atoms with Gasteiger partial charge in [0.25, 0.3) is 0 Å². The lowest BCUT2D eigenvalue weighted by atomic mass is 10.1. The maximum atomic E-state index is 6.40. The van der Waals surface area contributed by atoms with E-state index in [0.29, 0.717) is 36.4 Å². The summed E-state index contributed by atoms with van der Waals surface area (Å²) >= 11 is 12.4. The van der Waals surface area contributed by atoms with E-state index >= 15 is 0 Å². The van der Waals surface area contributed by atoms with E-state index in [1.807, 2.05) is 16.8 Å². The molecule has 1 aromatic heterocycles. The molecule has 2 aromatic rings. The highest BCUT2D eigenvalue weighted by Crippen LogP contribution is 2.40. The molecule has 0 spiro atoms. The Labute approximate surface area is 150 Å². The van der Waals surface area contributed by atoms with Crippen molar-refractivity contribution in [3.63, 3.8) is 0 Å². The van der Waals surface area contributed by atoms with Crippen LogP contribution >= 0.6 is 23.2 Å². The van der Waals surface area contributed by atoms with Gasteiger partial charge in [-0.1, -0.05) is 35.3 Å². The number of aromatic nitrogens is 2. The summed E-state index contributed by atoms with van der Waals surface area (Å²) in [6.45, 7) is 5.35. The van der Waals surface area contributed by atoms with E-state index in [1.54, 1.807) is 30.7 Å². The Kier molecular flexibility index (Phi) is 5.58. The molecule has 1 aliphatic rings. The molecule has 1 fully saturated rings. The molecule has 0 N–H and O–H groups in total. The number of halogens is 2. The van der Waals surface area contributed by atoms with E-state index < -0.39 is 5.79 Å². The Morgan fingerprint density at radius 1 is 1.46 bits per heavy atom. The van der Waals surface area contributed by atoms with Crippen molar-refractivity contribution in [3.8, 4) is 0 Å². The minimum Gasteiger partial charge on any atom is -0.375 e. The number of hydrogen-bond donors (Lipinski definition) is 0. The zero-order valence-corrected chi connectivity index (χ0v) is 14.5. The van der Waals surface area contributed by atoms with Crippen molar-refractivity contribution in [2.24, 2.45) is 0 Å². The van der Waals surface area contributed by atoms with Crippen LogP contribution in [0.4, 0.5) is 0 Å². The van der Waals surface area contributed by atoms with Gasteiger partial charge in [0, 0.05) is 23.0 Å². The number of imidazole rings is 1. The molecule has 3 rings (SSSR count). The van der Waals surface area contributed by atoms with Gasteiger partial charge >= 0.3 is 0 Å². The van der Waals surface area contributed by atoms with Crippen LogP contribution in [0.5, 0.6) is 0 Å². The molecule has 0 saturated carbocycles. The highest BCUT2D eigenvalue weighted by Gasteiger charge is 2.45. The second kappa shape index (κ2) is 7.68. The van der Waals surface area contributed by atoms with Gasteiger partial charge in [-0.2, -0.15) is 0 Å². The van der Waals surface area contributed by atoms with Crippen LogP contribution in [0.15, 0.2) is 49.6 Å². The molecule has 7 heteroatoms. The molecule has 0 aliphatic carbocycles. The van der Waals surface area contributed by atoms with E-state index in [-0.39, 0.29) is 6.10 Å². The van der Waals surface area contributed by atoms with E-state index in [0.717, 1.165) is 5.56 Å². The van der Waals surface area contributed by atoms with Crippen LogP contribution in [0, 0.1) is 0 Å². The molecular formula is C17H18Cl2N2O3. The largest absolute Gasteiger partial charge is 0.375 e. The number of nitrogens with zero attached hydrogens (tertiary/aromatic N) is 2. The van der Waals surface area contributed by atoms with Crippen LogP contribution in [-0.4, -0.2) is 35.5 Å². The maximum absolute atomic E-state index is 6.40. The van der Waals surface area contributed by atoms with E-state index in [1.165, 1.54) is 0 Å². The summed E-state index contributed by atoms with van der Waals surface area (Å²) in [4.78, 5) is 4.07. The van der Waals surface area contributed by atoms with Gasteiger partial charge in [-0.15, -0.1) is 6.58 Å². The molecule has 0 radical (unpaired) electrons. The quantitative estimate of drug-likeness (QED) is 0.552. The lowest BCUT2D eigenvalue weighted by Gasteiger charge is -2.30. The average Bonchev–Trinajstić information content (AvgIpc) is 3.19. The van der Waals surface area contributed by atoms with E-state index in [9.17, 15) is 0 Å². The molecule has 128 valence electrons. The molecule has 1 aromatic carbocycles. The molecule has 2 atom stereocenters. The smallest absolute Gasteiger partial charge is 0.215 e. The molecule has 1 aliphatic heterocycles. The van der Waals surface area contributed by atoms with Crippen LogP contribution in [0.2, 0.25) is 10.0 Å². The number of benzene rings is 1. The van der Waals surface area contributed by atoms with E-state index in [2.05, 4.69) is 11.6 Å². The normalized spacial score (nSPS) is 23.5. The number of rotatable bonds is 7. The van der Waals surface area contributed by atoms with Crippen molar-refractivity contribution < 1.29 is 14.2 Å². The van der Waals surface area contributed by atoms with E-state index in [4.69, 9.17) is 37.4 Å². The van der Waals surface area contributed by atoms with Crippen molar-refractivity contribution in [3.05, 3.63) is 65.2 Å². The van der Waals surface area contributed by atoms with Gasteiger partial charge < -0.3 is 18.8 Å². The van der Waals surface area contributed by atoms with Crippen LogP contribution in [0.25, 0.3) is 0 Å². The average molecular weight is 369 g/mol. The SMILES string of the molecule is C=CCOC[C@H]1CO[C@](Cn2ccnc2)(c2ccc(Cl)cc2Cl)O1. The monoisotopic (exact) mass is 368 g/mol. The van der Waals surface area contributed by atoms with Gasteiger partial charge in [0.1, 0.15) is 6.10 Å². The minimum absolute atomic E-state index is 0.194. The highest BCUT2D eigenvalue weighted by atomic mass is 35.5. The topological polar surface area (TPSA) is 45.5 Å². The van der Waals surface area contributed by atoms with Crippen LogP contribution < -0.4 is 0 Å². The standard InChI is InChI=1S/C17H18Cl2N2O3/c1-2-7-22-9-14-10-23-17(24-14,11-21-6-5-20-12-21)15-4-3-13(18)8-16(15)19/h2-6,8,12,14H,1,7,9-11H2/t14-,17-/m0/s1. The summed E-state index contributed by atoms with van der Waals surface area (Å²) in [6.07, 6.45) is 6.77. The molecule has 0 unspecified atom stereocenters. The molecule has 2 heterocycles. The molecule has 1 saturated heterocycles. The fourth-order valence-corrected chi connectivity index (χ4v) is 3.21. The predicted octanol–water partition coefficient (Wildman–Crippen LogP) is 3.66. The Bertz CT molecular complexity index is 693. The third-order valence-corrected chi connectivity index (χ3v) is 4.24. The Morgan fingerprint density at radius 3 is 3.04 bits per heavy atom. The molecule has 5 nitrogen and oxygen atoms in total. The summed E-state index contributed by atoms with van der Waals surface area (Å²) in [6, 6.07) is 5.28. The lowest BCUT2D eigenvalue weighted by Crippen LogP contribution is -2.34. The Morgan fingerprint density at radius 2 is 2.33 bits per heavy atom. The van der Waals surface area contributed by atoms with Gasteiger partial charge in [0.05, 0.1) is 37.7 Å². The van der Waals surface area contributed by atoms with Crippen LogP contribution in [0.3, 0.4) is 0 Å². The van der Waals surface area contributed by atoms with Gasteiger partial charge in [0.2, 0.25) is 5.79 Å². The first kappa shape index (κ1) is 17.5. The molecular weight excluding hydrogens is 351 g/mol. The summed E-state index contributed by atoms with van der Waals surface area (Å²) in [5.41, 5.74) is 0.730. The fourth-order valence-electron chi connectivity index (χ4n) is 2.66. The predicted molar refractivity (Wildman–Crippen MR) is 92.2 cm³/mol. The Balaban J connectivity index is 1.86. The molecule has 0 amide bonds. The minimum atomic E-state index is -1.01. The first-order valence-corrected chi connectivity index (χ1v) is 8.30. The summed E-state index contributed by atoms with van der Waals surface area (Å²) in [5, 5.41) is 1.06. The van der Waals surface area contributed by atoms with Crippen molar-refractivity contribution >= 4 is 23.2 Å². The first-order valence-electron chi connectivity index (χ1n) is 7.54. The van der Waals surface area contributed by atoms with Crippen LogP contribution in [0.1, 0.15) is 5.56 Å². The zero-order valence-electron chi connectivity index (χ0n) is 13.0. The summed E-state index contributed by atoms with van der Waals surface area (Å²) in [7, 11) is 0. The number of ether oxygens (including phenoxy) is 3. The van der Waals surface area contributed by atoms with Crippen LogP contribution in [-0.2, 0) is 26.5 Å². The fraction of sp³-hybridized carbons (Fsp3) is 0.353. The number of hydrogen-bond acceptors (Lipinski definition) is 4. The van der Waals surface area contributed by atoms with Gasteiger partial charge in [-0.25, -0.2) is 4.98 Å². The third kappa shape index (κ3) is 3.82. The highest BCUT2D eigenvalue weighted by molar-refractivity contribution is 6.35. The van der Waals surface area contributed by atoms with Crippen molar-refractivity contribution in [1.82, 2.24) is 9.55 Å². The molecule has 0 bridgehead atoms. The first-order chi connectivity index (χ1) is 11.6. The van der Waals surface area contributed by atoms with Crippen molar-refractivity contribution in [2.75, 3.05) is 19.8 Å². The van der Waals surface area contributed by atoms with Gasteiger partial charge in [-0.05, 0) is 12.1 Å². The lowest BCUT2D eigenvalue weighted by molar-refractivity contribution is -0.191. The zero-order chi connectivity index (χ0) is 17.0. The van der Waals surface area contributed by atoms with Gasteiger partial charge in [-0.3, -0.25) is 0 Å². The second-order valence-corrected chi connectivity index (χ2v) is 6.33. The summed E-state index contributed by atoms with van der Waals surface area (Å²) in [5.74, 6) is -1.01. The maximum Gasteiger partial charge on any atom is 0.215 e. The summed E-state index contributed by atoms with van der Waals surface area (Å²) < 4.78 is 19.6. The third-order valence-electron chi connectivity index (χ3n) is 3.69. The Hall–Kier alpha value is -1.37.